The number of benzene rings is 1. The summed E-state index contributed by atoms with van der Waals surface area (Å²) in [5.41, 5.74) is 9.65. The molecule has 0 unspecified atom stereocenters. The first-order chi connectivity index (χ1) is 10.6. The standard InChI is InChI=1S/C17H17N3O2/c1-20-16(21)10-15(19-17(20)18)6-5-12-3-2-4-13(9-12)14-7-8-22-11-14/h2-4,7-11H,5-6H2,1H3,(H2,18,19). The minimum Gasteiger partial charge on any atom is -0.472 e. The second kappa shape index (κ2) is 5.89. The van der Waals surface area contributed by atoms with Crippen LogP contribution in [0, 0.1) is 0 Å². The Morgan fingerprint density at radius 2 is 2.05 bits per heavy atom. The maximum atomic E-state index is 11.7. The minimum absolute atomic E-state index is 0.130. The molecule has 2 aromatic heterocycles. The molecule has 3 aromatic rings. The summed E-state index contributed by atoms with van der Waals surface area (Å²) in [7, 11) is 1.61. The fourth-order valence-electron chi connectivity index (χ4n) is 2.34. The Labute approximate surface area is 128 Å². The third-order valence-corrected chi connectivity index (χ3v) is 3.67. The average Bonchev–Trinajstić information content (AvgIpc) is 3.05. The Hall–Kier alpha value is -2.82. The highest BCUT2D eigenvalue weighted by Gasteiger charge is 2.05. The summed E-state index contributed by atoms with van der Waals surface area (Å²) < 4.78 is 6.45. The molecule has 2 heterocycles. The molecule has 0 aliphatic heterocycles. The van der Waals surface area contributed by atoms with Crippen molar-refractivity contribution in [1.82, 2.24) is 9.55 Å². The zero-order chi connectivity index (χ0) is 15.5. The lowest BCUT2D eigenvalue weighted by Crippen LogP contribution is -2.21. The molecule has 0 fully saturated rings. The van der Waals surface area contributed by atoms with E-state index in [1.807, 2.05) is 18.2 Å². The van der Waals surface area contributed by atoms with Gasteiger partial charge in [0.2, 0.25) is 5.95 Å². The number of aromatic nitrogens is 2. The van der Waals surface area contributed by atoms with Gasteiger partial charge in [-0.25, -0.2) is 4.98 Å². The van der Waals surface area contributed by atoms with Crippen LogP contribution in [0.15, 0.2) is 58.1 Å². The predicted molar refractivity (Wildman–Crippen MR) is 85.4 cm³/mol. The van der Waals surface area contributed by atoms with E-state index >= 15 is 0 Å². The van der Waals surface area contributed by atoms with Gasteiger partial charge in [0.1, 0.15) is 0 Å². The van der Waals surface area contributed by atoms with Crippen LogP contribution in [0.3, 0.4) is 0 Å². The Balaban J connectivity index is 1.77. The lowest BCUT2D eigenvalue weighted by Gasteiger charge is -2.06. The Kier molecular flexibility index (Phi) is 3.78. The first-order valence-corrected chi connectivity index (χ1v) is 7.07. The molecule has 0 amide bonds. The van der Waals surface area contributed by atoms with Gasteiger partial charge in [-0.2, -0.15) is 0 Å². The van der Waals surface area contributed by atoms with Gasteiger partial charge in [-0.3, -0.25) is 9.36 Å². The smallest absolute Gasteiger partial charge is 0.254 e. The number of nitrogens with zero attached hydrogens (tertiary/aromatic N) is 2. The van der Waals surface area contributed by atoms with E-state index in [2.05, 4.69) is 17.1 Å². The Bertz CT molecular complexity index is 835. The quantitative estimate of drug-likeness (QED) is 0.802. The molecule has 5 nitrogen and oxygen atoms in total. The number of anilines is 1. The molecule has 0 spiro atoms. The van der Waals surface area contributed by atoms with Crippen molar-refractivity contribution in [2.24, 2.45) is 7.05 Å². The summed E-state index contributed by atoms with van der Waals surface area (Å²) in [6.45, 7) is 0. The topological polar surface area (TPSA) is 74.1 Å². The van der Waals surface area contributed by atoms with Crippen LogP contribution in [0.5, 0.6) is 0 Å². The van der Waals surface area contributed by atoms with E-state index < -0.39 is 0 Å². The molecule has 22 heavy (non-hydrogen) atoms. The number of hydrogen-bond acceptors (Lipinski definition) is 4. The predicted octanol–water partition coefficient (Wildman–Crippen LogP) is 2.41. The maximum Gasteiger partial charge on any atom is 0.254 e. The molecule has 0 saturated heterocycles. The first-order valence-electron chi connectivity index (χ1n) is 7.07. The van der Waals surface area contributed by atoms with E-state index in [1.165, 1.54) is 16.2 Å². The molecule has 0 aliphatic rings. The lowest BCUT2D eigenvalue weighted by molar-refractivity contribution is 0.568. The van der Waals surface area contributed by atoms with Gasteiger partial charge in [0.25, 0.3) is 5.56 Å². The molecule has 0 bridgehead atoms. The fourth-order valence-corrected chi connectivity index (χ4v) is 2.34. The van der Waals surface area contributed by atoms with Gasteiger partial charge in [0.15, 0.2) is 0 Å². The van der Waals surface area contributed by atoms with Gasteiger partial charge in [0, 0.05) is 18.7 Å². The highest BCUT2D eigenvalue weighted by atomic mass is 16.3. The van der Waals surface area contributed by atoms with Crippen LogP contribution in [-0.2, 0) is 19.9 Å². The van der Waals surface area contributed by atoms with E-state index in [-0.39, 0.29) is 11.5 Å². The molecule has 5 heteroatoms. The van der Waals surface area contributed by atoms with Gasteiger partial charge < -0.3 is 10.2 Å². The first kappa shape index (κ1) is 14.1. The van der Waals surface area contributed by atoms with Crippen molar-refractivity contribution in [3.63, 3.8) is 0 Å². The van der Waals surface area contributed by atoms with Crippen LogP contribution in [-0.4, -0.2) is 9.55 Å². The van der Waals surface area contributed by atoms with Crippen LogP contribution in [0.25, 0.3) is 11.1 Å². The molecule has 3 rings (SSSR count). The summed E-state index contributed by atoms with van der Waals surface area (Å²) >= 11 is 0. The molecule has 0 radical (unpaired) electrons. The molecule has 0 saturated carbocycles. The van der Waals surface area contributed by atoms with Crippen molar-refractivity contribution in [3.8, 4) is 11.1 Å². The second-order valence-corrected chi connectivity index (χ2v) is 5.22. The van der Waals surface area contributed by atoms with E-state index in [9.17, 15) is 4.79 Å². The van der Waals surface area contributed by atoms with Crippen LogP contribution >= 0.6 is 0 Å². The van der Waals surface area contributed by atoms with Crippen molar-refractivity contribution >= 4 is 5.95 Å². The number of nitrogen functional groups attached to an aromatic ring is 1. The SMILES string of the molecule is Cn1c(N)nc(CCc2cccc(-c3ccoc3)c2)cc1=O. The van der Waals surface area contributed by atoms with Crippen molar-refractivity contribution in [1.29, 1.82) is 0 Å². The van der Waals surface area contributed by atoms with Gasteiger partial charge >= 0.3 is 0 Å². The lowest BCUT2D eigenvalue weighted by atomic mass is 10.0. The molecule has 0 aliphatic carbocycles. The van der Waals surface area contributed by atoms with Crippen molar-refractivity contribution in [3.05, 3.63) is 70.5 Å². The zero-order valence-electron chi connectivity index (χ0n) is 12.3. The summed E-state index contributed by atoms with van der Waals surface area (Å²) in [5.74, 6) is 0.245. The number of nitrogens with two attached hydrogens (primary N) is 1. The molecule has 1 aromatic carbocycles. The monoisotopic (exact) mass is 295 g/mol. The third-order valence-electron chi connectivity index (χ3n) is 3.67. The molecule has 0 atom stereocenters. The number of furan rings is 1. The molecule has 112 valence electrons. The number of aryl methyl sites for hydroxylation is 2. The molecule has 2 N–H and O–H groups in total. The third kappa shape index (κ3) is 2.93. The highest BCUT2D eigenvalue weighted by Crippen LogP contribution is 2.21. The van der Waals surface area contributed by atoms with E-state index in [0.717, 1.165) is 17.5 Å². The summed E-state index contributed by atoms with van der Waals surface area (Å²) in [6.07, 6.45) is 4.86. The molecular formula is C17H17N3O2. The van der Waals surface area contributed by atoms with E-state index in [0.29, 0.717) is 12.1 Å². The normalized spacial score (nSPS) is 10.8. The molecular weight excluding hydrogens is 278 g/mol. The van der Waals surface area contributed by atoms with Gasteiger partial charge in [-0.1, -0.05) is 24.3 Å². The fraction of sp³-hybridized carbons (Fsp3) is 0.176. The van der Waals surface area contributed by atoms with Crippen LogP contribution in [0.1, 0.15) is 11.3 Å². The zero-order valence-corrected chi connectivity index (χ0v) is 12.3. The van der Waals surface area contributed by atoms with Gasteiger partial charge in [-0.15, -0.1) is 0 Å². The van der Waals surface area contributed by atoms with E-state index in [4.69, 9.17) is 10.2 Å². The average molecular weight is 295 g/mol. The number of rotatable bonds is 4. The summed E-state index contributed by atoms with van der Waals surface area (Å²) in [6, 6.07) is 11.7. The van der Waals surface area contributed by atoms with Gasteiger partial charge in [0.05, 0.1) is 18.2 Å². The second-order valence-electron chi connectivity index (χ2n) is 5.22. The number of hydrogen-bond donors (Lipinski definition) is 1. The van der Waals surface area contributed by atoms with Crippen LogP contribution in [0.2, 0.25) is 0 Å². The van der Waals surface area contributed by atoms with Gasteiger partial charge in [-0.05, 0) is 30.0 Å². The van der Waals surface area contributed by atoms with E-state index in [1.54, 1.807) is 19.6 Å². The van der Waals surface area contributed by atoms with Crippen LogP contribution < -0.4 is 11.3 Å². The van der Waals surface area contributed by atoms with Crippen LogP contribution in [0.4, 0.5) is 5.95 Å². The Morgan fingerprint density at radius 3 is 2.77 bits per heavy atom. The largest absolute Gasteiger partial charge is 0.472 e. The summed E-state index contributed by atoms with van der Waals surface area (Å²) in [5, 5.41) is 0. The van der Waals surface area contributed by atoms with Crippen molar-refractivity contribution < 1.29 is 4.42 Å². The maximum absolute atomic E-state index is 11.7. The minimum atomic E-state index is -0.130. The Morgan fingerprint density at radius 1 is 1.18 bits per heavy atom. The summed E-state index contributed by atoms with van der Waals surface area (Å²) in [4.78, 5) is 16.0. The van der Waals surface area contributed by atoms with Crippen molar-refractivity contribution in [2.75, 3.05) is 5.73 Å². The highest BCUT2D eigenvalue weighted by molar-refractivity contribution is 5.62. The van der Waals surface area contributed by atoms with Crippen molar-refractivity contribution in [2.45, 2.75) is 12.8 Å².